The van der Waals surface area contributed by atoms with Gasteiger partial charge in [-0.1, -0.05) is 24.0 Å². The van der Waals surface area contributed by atoms with Gasteiger partial charge in [-0.2, -0.15) is 5.10 Å². The Morgan fingerprint density at radius 2 is 1.94 bits per heavy atom. The highest BCUT2D eigenvalue weighted by molar-refractivity contribution is 8.22. The topological polar surface area (TPSA) is 126 Å². The van der Waals surface area contributed by atoms with Crippen LogP contribution < -0.4 is 5.43 Å². The van der Waals surface area contributed by atoms with Crippen LogP contribution >= 0.6 is 24.0 Å². The molecule has 0 fully saturated rings. The molecule has 7 nitrogen and oxygen atoms in total. The number of hydrogen-bond acceptors (Lipinski definition) is 8. The summed E-state index contributed by atoms with van der Waals surface area (Å²) < 4.78 is 0.374. The summed E-state index contributed by atoms with van der Waals surface area (Å²) in [6.45, 7) is -0.725. The van der Waals surface area contributed by atoms with E-state index in [1.165, 1.54) is 11.8 Å². The van der Waals surface area contributed by atoms with Crippen molar-refractivity contribution in [3.63, 3.8) is 0 Å². The normalized spacial score (nSPS) is 18.7. The van der Waals surface area contributed by atoms with E-state index in [-0.39, 0.29) is 0 Å². The molecule has 0 aliphatic rings. The highest BCUT2D eigenvalue weighted by Gasteiger charge is 2.29. The monoisotopic (exact) mass is 284 g/mol. The van der Waals surface area contributed by atoms with Gasteiger partial charge in [0.25, 0.3) is 0 Å². The lowest BCUT2D eigenvalue weighted by Crippen LogP contribution is -2.46. The third-order valence-electron chi connectivity index (χ3n) is 1.85. The summed E-state index contributed by atoms with van der Waals surface area (Å²) in [6, 6.07) is 0. The summed E-state index contributed by atoms with van der Waals surface area (Å²) in [4.78, 5) is 0. The van der Waals surface area contributed by atoms with Crippen molar-refractivity contribution in [2.75, 3.05) is 12.9 Å². The molecule has 0 aromatic heterocycles. The highest BCUT2D eigenvalue weighted by atomic mass is 32.2. The van der Waals surface area contributed by atoms with Gasteiger partial charge in [-0.05, 0) is 6.26 Å². The van der Waals surface area contributed by atoms with Gasteiger partial charge < -0.3 is 25.5 Å². The van der Waals surface area contributed by atoms with E-state index in [4.69, 9.17) is 22.4 Å². The minimum Gasteiger partial charge on any atom is -0.394 e. The van der Waals surface area contributed by atoms with E-state index in [9.17, 15) is 15.3 Å². The lowest BCUT2D eigenvalue weighted by Gasteiger charge is -2.23. The Bertz CT molecular complexity index is 266. The summed E-state index contributed by atoms with van der Waals surface area (Å²) in [5.74, 6) is 0. The fourth-order valence-corrected chi connectivity index (χ4v) is 1.03. The lowest BCUT2D eigenvalue weighted by atomic mass is 10.0. The molecule has 0 spiro atoms. The summed E-state index contributed by atoms with van der Waals surface area (Å²) in [7, 11) is 0. The second-order valence-electron chi connectivity index (χ2n) is 3.10. The van der Waals surface area contributed by atoms with E-state index >= 15 is 0 Å². The van der Waals surface area contributed by atoms with Crippen molar-refractivity contribution in [2.24, 2.45) is 5.10 Å². The number of thioether (sulfide) groups is 1. The van der Waals surface area contributed by atoms with E-state index in [0.717, 1.165) is 6.21 Å². The molecule has 0 radical (unpaired) electrons. The van der Waals surface area contributed by atoms with Gasteiger partial charge in [0, 0.05) is 0 Å². The van der Waals surface area contributed by atoms with Crippen molar-refractivity contribution in [2.45, 2.75) is 24.4 Å². The first-order valence-electron chi connectivity index (χ1n) is 4.64. The first kappa shape index (κ1) is 16.7. The zero-order valence-electron chi connectivity index (χ0n) is 9.09. The Kier molecular flexibility index (Phi) is 8.60. The Morgan fingerprint density at radius 1 is 1.35 bits per heavy atom. The molecule has 100 valence electrons. The molecule has 4 atom stereocenters. The third-order valence-corrected chi connectivity index (χ3v) is 2.90. The quantitative estimate of drug-likeness (QED) is 0.182. The Labute approximate surface area is 108 Å². The molecule has 0 aromatic rings. The van der Waals surface area contributed by atoms with Crippen molar-refractivity contribution in [1.82, 2.24) is 5.43 Å². The van der Waals surface area contributed by atoms with Gasteiger partial charge in [-0.3, -0.25) is 5.43 Å². The number of nitrogens with one attached hydrogen (secondary N) is 1. The van der Waals surface area contributed by atoms with Gasteiger partial charge in [-0.15, -0.1) is 0 Å². The second-order valence-corrected chi connectivity index (χ2v) is 4.59. The minimum absolute atomic E-state index is 0.374. The summed E-state index contributed by atoms with van der Waals surface area (Å²) in [5, 5.41) is 49.2. The molecule has 0 aliphatic carbocycles. The number of hydrogen-bond donors (Lipinski definition) is 6. The minimum atomic E-state index is -1.67. The zero-order valence-corrected chi connectivity index (χ0v) is 10.7. The van der Waals surface area contributed by atoms with E-state index in [1.54, 1.807) is 6.26 Å². The molecule has 0 saturated carbocycles. The Hall–Kier alpha value is -0.290. The number of aliphatic hydroxyl groups excluding tert-OH is 5. The van der Waals surface area contributed by atoms with Gasteiger partial charge in [0.1, 0.15) is 24.4 Å². The molecular weight excluding hydrogens is 268 g/mol. The van der Waals surface area contributed by atoms with Crippen LogP contribution in [0.5, 0.6) is 0 Å². The van der Waals surface area contributed by atoms with Gasteiger partial charge in [0.15, 0.2) is 4.32 Å². The van der Waals surface area contributed by atoms with Crippen molar-refractivity contribution < 1.29 is 25.5 Å². The standard InChI is InChI=1S/C8H16N2O5S2/c1-17-8(16)10-9-2-4(12)6(14)7(15)5(13)3-11/h2,4-7,11-15H,3H2,1H3,(H,10,16)/b9-2+/t4-,5-,6-,7-/m1/s1. The van der Waals surface area contributed by atoms with Gasteiger partial charge in [0.05, 0.1) is 12.8 Å². The summed E-state index contributed by atoms with van der Waals surface area (Å²) in [5.41, 5.74) is 2.40. The van der Waals surface area contributed by atoms with Crippen LogP contribution in [0.1, 0.15) is 0 Å². The molecule has 0 amide bonds. The average Bonchev–Trinajstić information content (AvgIpc) is 2.35. The molecule has 0 heterocycles. The van der Waals surface area contributed by atoms with E-state index in [1.807, 2.05) is 0 Å². The zero-order chi connectivity index (χ0) is 13.4. The van der Waals surface area contributed by atoms with E-state index in [0.29, 0.717) is 4.32 Å². The summed E-state index contributed by atoms with van der Waals surface area (Å²) >= 11 is 6.00. The van der Waals surface area contributed by atoms with Crippen LogP contribution in [0.4, 0.5) is 0 Å². The maximum absolute atomic E-state index is 9.38. The molecule has 17 heavy (non-hydrogen) atoms. The summed E-state index contributed by atoms with van der Waals surface area (Å²) in [6.07, 6.45) is -3.70. The largest absolute Gasteiger partial charge is 0.394 e. The van der Waals surface area contributed by atoms with E-state index < -0.39 is 31.0 Å². The fourth-order valence-electron chi connectivity index (χ4n) is 0.838. The first-order valence-corrected chi connectivity index (χ1v) is 6.27. The first-order chi connectivity index (χ1) is 7.93. The maximum Gasteiger partial charge on any atom is 0.153 e. The number of rotatable bonds is 6. The molecule has 6 N–H and O–H groups in total. The van der Waals surface area contributed by atoms with Crippen molar-refractivity contribution in [1.29, 1.82) is 0 Å². The number of thiocarbonyl (C=S) groups is 1. The van der Waals surface area contributed by atoms with Crippen molar-refractivity contribution >= 4 is 34.5 Å². The molecule has 0 aromatic carbocycles. The molecule has 0 bridgehead atoms. The van der Waals surface area contributed by atoms with Crippen LogP contribution in [0.3, 0.4) is 0 Å². The van der Waals surface area contributed by atoms with Crippen molar-refractivity contribution in [3.05, 3.63) is 0 Å². The van der Waals surface area contributed by atoms with Gasteiger partial charge in [-0.25, -0.2) is 0 Å². The van der Waals surface area contributed by atoms with Gasteiger partial charge >= 0.3 is 0 Å². The van der Waals surface area contributed by atoms with Gasteiger partial charge in [0.2, 0.25) is 0 Å². The van der Waals surface area contributed by atoms with E-state index in [2.05, 4.69) is 10.5 Å². The van der Waals surface area contributed by atoms with Crippen LogP contribution in [0.15, 0.2) is 5.10 Å². The average molecular weight is 284 g/mol. The molecule has 0 aliphatic heterocycles. The highest BCUT2D eigenvalue weighted by Crippen LogP contribution is 2.03. The van der Waals surface area contributed by atoms with Crippen LogP contribution in [0.25, 0.3) is 0 Å². The van der Waals surface area contributed by atoms with Crippen LogP contribution in [0, 0.1) is 0 Å². The van der Waals surface area contributed by atoms with Crippen molar-refractivity contribution in [3.8, 4) is 0 Å². The number of nitrogens with zero attached hydrogens (tertiary/aromatic N) is 1. The van der Waals surface area contributed by atoms with Crippen LogP contribution in [-0.2, 0) is 0 Å². The SMILES string of the molecule is CSC(=S)N/N=C/[C@@H](O)[C@@H](O)[C@H](O)[C@H](O)CO. The molecule has 0 saturated heterocycles. The Morgan fingerprint density at radius 3 is 2.41 bits per heavy atom. The predicted molar refractivity (Wildman–Crippen MR) is 68.9 cm³/mol. The Balaban J connectivity index is 4.21. The molecule has 0 rings (SSSR count). The lowest BCUT2D eigenvalue weighted by molar-refractivity contribution is -0.0999. The smallest absolute Gasteiger partial charge is 0.153 e. The molecule has 0 unspecified atom stereocenters. The molecule has 9 heteroatoms. The number of aliphatic hydroxyl groups is 5. The predicted octanol–water partition coefficient (Wildman–Crippen LogP) is -2.35. The second kappa shape index (κ2) is 8.75. The fraction of sp³-hybridized carbons (Fsp3) is 0.750. The van der Waals surface area contributed by atoms with Crippen LogP contribution in [-0.4, -0.2) is 73.3 Å². The maximum atomic E-state index is 9.38. The third kappa shape index (κ3) is 6.27. The molecular formula is C8H16N2O5S2. The van der Waals surface area contributed by atoms with Crippen LogP contribution in [0.2, 0.25) is 0 Å². The number of hydrazone groups is 1.